The minimum Gasteiger partial charge on any atom is -0.352 e. The molecule has 1 aliphatic rings. The van der Waals surface area contributed by atoms with Crippen molar-refractivity contribution in [3.63, 3.8) is 0 Å². The number of benzene rings is 3. The van der Waals surface area contributed by atoms with Crippen molar-refractivity contribution in [2.45, 2.75) is 25.1 Å². The molecule has 1 N–H and O–H groups in total. The molecule has 0 aliphatic carbocycles. The summed E-state index contributed by atoms with van der Waals surface area (Å²) in [6, 6.07) is 21.1. The Hall–Kier alpha value is -2.41. The zero-order valence-electron chi connectivity index (χ0n) is 17.1. The first-order chi connectivity index (χ1) is 14.9. The molecular weight excluding hydrogens is 432 g/mol. The number of carbonyl (C=O) groups excluding carboxylic acids is 1. The number of hydrogen-bond donors (Lipinski definition) is 1. The van der Waals surface area contributed by atoms with Gasteiger partial charge in [0.05, 0.1) is 11.7 Å². The average molecular weight is 457 g/mol. The summed E-state index contributed by atoms with van der Waals surface area (Å²) in [4.78, 5) is 12.8. The third-order valence-corrected chi connectivity index (χ3v) is 7.72. The van der Waals surface area contributed by atoms with Crippen LogP contribution in [-0.2, 0) is 27.1 Å². The van der Waals surface area contributed by atoms with Crippen LogP contribution >= 0.6 is 11.6 Å². The summed E-state index contributed by atoms with van der Waals surface area (Å²) in [6.07, 6.45) is 1.36. The van der Waals surface area contributed by atoms with Crippen LogP contribution in [0, 0.1) is 5.92 Å². The lowest BCUT2D eigenvalue weighted by atomic mass is 9.98. The third-order valence-electron chi connectivity index (χ3n) is 5.67. The van der Waals surface area contributed by atoms with Crippen molar-refractivity contribution in [2.24, 2.45) is 5.92 Å². The summed E-state index contributed by atoms with van der Waals surface area (Å²) >= 11 is 5.98. The molecule has 1 saturated heterocycles. The highest BCUT2D eigenvalue weighted by atomic mass is 35.5. The minimum absolute atomic E-state index is 0.101. The number of halogens is 1. The van der Waals surface area contributed by atoms with Crippen molar-refractivity contribution < 1.29 is 13.2 Å². The standard InChI is InChI=1S/C24H25ClN2O3S/c25-23-9-3-5-19(14-23)17-31(29,30)27-12-4-8-22(16-27)24(28)26-15-18-10-11-20-6-1-2-7-21(20)13-18/h1-3,5-7,9-11,13-14,22H,4,8,12,15-17H2,(H,26,28)/t22-/m1/s1. The van der Waals surface area contributed by atoms with Crippen molar-refractivity contribution in [3.8, 4) is 0 Å². The molecule has 0 radical (unpaired) electrons. The van der Waals surface area contributed by atoms with E-state index in [1.165, 1.54) is 4.31 Å². The monoisotopic (exact) mass is 456 g/mol. The van der Waals surface area contributed by atoms with Gasteiger partial charge in [0.25, 0.3) is 0 Å². The van der Waals surface area contributed by atoms with Gasteiger partial charge in [0.15, 0.2) is 0 Å². The molecule has 0 saturated carbocycles. The first kappa shape index (κ1) is 21.8. The normalized spacial score (nSPS) is 17.5. The van der Waals surface area contributed by atoms with Crippen LogP contribution in [0.4, 0.5) is 0 Å². The zero-order valence-corrected chi connectivity index (χ0v) is 18.7. The molecule has 1 heterocycles. The summed E-state index contributed by atoms with van der Waals surface area (Å²) in [5, 5.41) is 5.78. The molecule has 3 aromatic rings. The lowest BCUT2D eigenvalue weighted by Gasteiger charge is -2.31. The molecule has 3 aromatic carbocycles. The topological polar surface area (TPSA) is 66.5 Å². The van der Waals surface area contributed by atoms with Gasteiger partial charge in [0.1, 0.15) is 0 Å². The smallest absolute Gasteiger partial charge is 0.224 e. The molecular formula is C24H25ClN2O3S. The highest BCUT2D eigenvalue weighted by molar-refractivity contribution is 7.88. The molecule has 0 aromatic heterocycles. The SMILES string of the molecule is O=C(NCc1ccc2ccccc2c1)[C@@H]1CCCN(S(=O)(=O)Cc2cccc(Cl)c2)C1. The van der Waals surface area contributed by atoms with Gasteiger partial charge >= 0.3 is 0 Å². The van der Waals surface area contributed by atoms with E-state index in [4.69, 9.17) is 11.6 Å². The Bertz CT molecular complexity index is 1200. The fraction of sp³-hybridized carbons (Fsp3) is 0.292. The Morgan fingerprint density at radius 3 is 2.61 bits per heavy atom. The first-order valence-electron chi connectivity index (χ1n) is 10.4. The lowest BCUT2D eigenvalue weighted by Crippen LogP contribution is -2.45. The van der Waals surface area contributed by atoms with Gasteiger partial charge in [-0.15, -0.1) is 0 Å². The van der Waals surface area contributed by atoms with E-state index in [0.717, 1.165) is 16.3 Å². The fourth-order valence-corrected chi connectivity index (χ4v) is 5.83. The van der Waals surface area contributed by atoms with E-state index >= 15 is 0 Å². The number of fused-ring (bicyclic) bond motifs is 1. The Balaban J connectivity index is 1.37. The molecule has 0 unspecified atom stereocenters. The van der Waals surface area contributed by atoms with Gasteiger partial charge in [0.2, 0.25) is 15.9 Å². The summed E-state index contributed by atoms with van der Waals surface area (Å²) in [6.45, 7) is 1.08. The maximum absolute atomic E-state index is 12.9. The average Bonchev–Trinajstić information content (AvgIpc) is 2.77. The van der Waals surface area contributed by atoms with E-state index in [1.807, 2.05) is 30.3 Å². The van der Waals surface area contributed by atoms with E-state index in [-0.39, 0.29) is 24.1 Å². The number of amides is 1. The second-order valence-electron chi connectivity index (χ2n) is 7.98. The molecule has 1 fully saturated rings. The molecule has 7 heteroatoms. The molecule has 1 amide bonds. The molecule has 162 valence electrons. The van der Waals surface area contributed by atoms with Crippen molar-refractivity contribution in [3.05, 3.63) is 82.9 Å². The van der Waals surface area contributed by atoms with Crippen LogP contribution in [0.25, 0.3) is 10.8 Å². The summed E-state index contributed by atoms with van der Waals surface area (Å²) in [7, 11) is -3.52. The maximum Gasteiger partial charge on any atom is 0.224 e. The van der Waals surface area contributed by atoms with Gasteiger partial charge in [-0.1, -0.05) is 60.1 Å². The molecule has 31 heavy (non-hydrogen) atoms. The molecule has 0 spiro atoms. The number of sulfonamides is 1. The number of hydrogen-bond acceptors (Lipinski definition) is 3. The summed E-state index contributed by atoms with van der Waals surface area (Å²) in [5.74, 6) is -0.557. The van der Waals surface area contributed by atoms with Gasteiger partial charge in [-0.25, -0.2) is 12.7 Å². The highest BCUT2D eigenvalue weighted by Gasteiger charge is 2.32. The second kappa shape index (κ2) is 9.39. The number of carbonyl (C=O) groups is 1. The maximum atomic E-state index is 12.9. The van der Waals surface area contributed by atoms with Crippen LogP contribution in [0.5, 0.6) is 0 Å². The predicted molar refractivity (Wildman–Crippen MR) is 124 cm³/mol. The van der Waals surface area contributed by atoms with Crippen molar-refractivity contribution in [1.29, 1.82) is 0 Å². The zero-order chi connectivity index (χ0) is 21.8. The van der Waals surface area contributed by atoms with Crippen LogP contribution in [0.2, 0.25) is 5.02 Å². The number of piperidine rings is 1. The number of rotatable bonds is 6. The Kier molecular flexibility index (Phi) is 6.60. The van der Waals surface area contributed by atoms with E-state index in [1.54, 1.807) is 24.3 Å². The predicted octanol–water partition coefficient (Wildman–Crippen LogP) is 4.35. The van der Waals surface area contributed by atoms with E-state index < -0.39 is 10.0 Å². The van der Waals surface area contributed by atoms with Gasteiger partial charge in [-0.2, -0.15) is 0 Å². The quantitative estimate of drug-likeness (QED) is 0.599. The first-order valence-corrected chi connectivity index (χ1v) is 12.4. The largest absolute Gasteiger partial charge is 0.352 e. The van der Waals surface area contributed by atoms with Gasteiger partial charge in [-0.3, -0.25) is 4.79 Å². The Morgan fingerprint density at radius 2 is 1.81 bits per heavy atom. The molecule has 1 atom stereocenters. The fourth-order valence-electron chi connectivity index (χ4n) is 4.02. The molecule has 1 aliphatic heterocycles. The summed E-state index contributed by atoms with van der Waals surface area (Å²) in [5.41, 5.74) is 1.67. The third kappa shape index (κ3) is 5.45. The molecule has 4 rings (SSSR count). The van der Waals surface area contributed by atoms with Crippen LogP contribution in [-0.4, -0.2) is 31.7 Å². The highest BCUT2D eigenvalue weighted by Crippen LogP contribution is 2.23. The van der Waals surface area contributed by atoms with Crippen LogP contribution in [0.3, 0.4) is 0 Å². The van der Waals surface area contributed by atoms with E-state index in [2.05, 4.69) is 17.4 Å². The molecule has 5 nitrogen and oxygen atoms in total. The van der Waals surface area contributed by atoms with Gasteiger partial charge < -0.3 is 5.32 Å². The minimum atomic E-state index is -3.52. The Morgan fingerprint density at radius 1 is 1.00 bits per heavy atom. The van der Waals surface area contributed by atoms with Crippen LogP contribution in [0.1, 0.15) is 24.0 Å². The number of nitrogens with zero attached hydrogens (tertiary/aromatic N) is 1. The second-order valence-corrected chi connectivity index (χ2v) is 10.4. The van der Waals surface area contributed by atoms with Crippen molar-refractivity contribution >= 4 is 38.3 Å². The van der Waals surface area contributed by atoms with Crippen LogP contribution < -0.4 is 5.32 Å². The van der Waals surface area contributed by atoms with E-state index in [0.29, 0.717) is 36.5 Å². The van der Waals surface area contributed by atoms with Gasteiger partial charge in [-0.05, 0) is 52.9 Å². The Labute approximate surface area is 188 Å². The number of nitrogens with one attached hydrogen (secondary N) is 1. The lowest BCUT2D eigenvalue weighted by molar-refractivity contribution is -0.126. The molecule has 0 bridgehead atoms. The van der Waals surface area contributed by atoms with Gasteiger partial charge in [0, 0.05) is 24.7 Å². The summed E-state index contributed by atoms with van der Waals surface area (Å²) < 4.78 is 27.2. The van der Waals surface area contributed by atoms with Crippen molar-refractivity contribution in [2.75, 3.05) is 13.1 Å². The van der Waals surface area contributed by atoms with Crippen LogP contribution in [0.15, 0.2) is 66.7 Å². The van der Waals surface area contributed by atoms with E-state index in [9.17, 15) is 13.2 Å². The van der Waals surface area contributed by atoms with Crippen molar-refractivity contribution in [1.82, 2.24) is 9.62 Å².